The Kier molecular flexibility index (Phi) is 5.35. The van der Waals surface area contributed by atoms with Crippen LogP contribution in [-0.4, -0.2) is 30.4 Å². The van der Waals surface area contributed by atoms with Crippen molar-refractivity contribution in [3.05, 3.63) is 35.1 Å². The summed E-state index contributed by atoms with van der Waals surface area (Å²) >= 11 is 0. The molecule has 21 heavy (non-hydrogen) atoms. The summed E-state index contributed by atoms with van der Waals surface area (Å²) in [6.07, 6.45) is 5.48. The SMILES string of the molecule is CN(C(=O)c1cc(C#CCN)ccc1F)C1CCCCC1. The molecule has 0 spiro atoms. The van der Waals surface area contributed by atoms with Gasteiger partial charge in [-0.1, -0.05) is 31.1 Å². The highest BCUT2D eigenvalue weighted by Crippen LogP contribution is 2.23. The number of halogens is 1. The van der Waals surface area contributed by atoms with Crippen LogP contribution >= 0.6 is 0 Å². The van der Waals surface area contributed by atoms with Crippen LogP contribution in [0.25, 0.3) is 0 Å². The molecule has 0 saturated heterocycles. The molecule has 112 valence electrons. The first-order valence-corrected chi connectivity index (χ1v) is 7.39. The number of hydrogen-bond acceptors (Lipinski definition) is 2. The van der Waals surface area contributed by atoms with E-state index in [0.717, 1.165) is 25.7 Å². The molecule has 0 unspecified atom stereocenters. The lowest BCUT2D eigenvalue weighted by atomic mass is 9.94. The smallest absolute Gasteiger partial charge is 0.256 e. The number of nitrogens with zero attached hydrogens (tertiary/aromatic N) is 1. The second-order valence-electron chi connectivity index (χ2n) is 5.41. The zero-order valence-electron chi connectivity index (χ0n) is 12.4. The van der Waals surface area contributed by atoms with Crippen LogP contribution in [0.15, 0.2) is 18.2 Å². The first-order chi connectivity index (χ1) is 10.1. The Labute approximate surface area is 125 Å². The van der Waals surface area contributed by atoms with Crippen molar-refractivity contribution in [2.45, 2.75) is 38.1 Å². The van der Waals surface area contributed by atoms with E-state index in [2.05, 4.69) is 11.8 Å². The van der Waals surface area contributed by atoms with Gasteiger partial charge in [-0.25, -0.2) is 4.39 Å². The second kappa shape index (κ2) is 7.24. The summed E-state index contributed by atoms with van der Waals surface area (Å²) in [6, 6.07) is 4.58. The lowest BCUT2D eigenvalue weighted by molar-refractivity contribution is 0.0691. The molecule has 2 rings (SSSR count). The fraction of sp³-hybridized carbons (Fsp3) is 0.471. The average molecular weight is 288 g/mol. The zero-order chi connectivity index (χ0) is 15.2. The Morgan fingerprint density at radius 2 is 2.10 bits per heavy atom. The van der Waals surface area contributed by atoms with Crippen LogP contribution in [0.2, 0.25) is 0 Å². The first kappa shape index (κ1) is 15.5. The van der Waals surface area contributed by atoms with Crippen LogP contribution in [-0.2, 0) is 0 Å². The molecule has 1 amide bonds. The average Bonchev–Trinajstić information content (AvgIpc) is 2.53. The molecule has 1 aromatic rings. The summed E-state index contributed by atoms with van der Waals surface area (Å²) in [7, 11) is 1.76. The number of rotatable bonds is 2. The van der Waals surface area contributed by atoms with Crippen LogP contribution in [0, 0.1) is 17.7 Å². The topological polar surface area (TPSA) is 46.3 Å². The number of carbonyl (C=O) groups excluding carboxylic acids is 1. The Bertz CT molecular complexity index is 568. The monoisotopic (exact) mass is 288 g/mol. The van der Waals surface area contributed by atoms with E-state index >= 15 is 0 Å². The number of hydrogen-bond donors (Lipinski definition) is 1. The van der Waals surface area contributed by atoms with Gasteiger partial charge in [0.25, 0.3) is 5.91 Å². The number of amides is 1. The minimum atomic E-state index is -0.499. The van der Waals surface area contributed by atoms with Gasteiger partial charge in [0.2, 0.25) is 0 Å². The molecule has 1 aliphatic carbocycles. The van der Waals surface area contributed by atoms with Gasteiger partial charge in [-0.05, 0) is 31.0 Å². The Morgan fingerprint density at radius 3 is 2.76 bits per heavy atom. The minimum absolute atomic E-state index is 0.0897. The van der Waals surface area contributed by atoms with Gasteiger partial charge >= 0.3 is 0 Å². The zero-order valence-corrected chi connectivity index (χ0v) is 12.4. The third-order valence-corrected chi connectivity index (χ3v) is 3.97. The van der Waals surface area contributed by atoms with Crippen molar-refractivity contribution in [2.75, 3.05) is 13.6 Å². The Balaban J connectivity index is 2.20. The molecule has 4 heteroatoms. The highest BCUT2D eigenvalue weighted by molar-refractivity contribution is 5.95. The van der Waals surface area contributed by atoms with Gasteiger partial charge < -0.3 is 10.6 Å². The van der Waals surface area contributed by atoms with Crippen LogP contribution < -0.4 is 5.73 Å². The number of nitrogens with two attached hydrogens (primary N) is 1. The Hall–Kier alpha value is -1.86. The number of benzene rings is 1. The van der Waals surface area contributed by atoms with E-state index in [1.165, 1.54) is 18.6 Å². The van der Waals surface area contributed by atoms with Gasteiger partial charge in [-0.2, -0.15) is 0 Å². The van der Waals surface area contributed by atoms with Gasteiger partial charge in [0.1, 0.15) is 5.82 Å². The van der Waals surface area contributed by atoms with E-state index < -0.39 is 5.82 Å². The van der Waals surface area contributed by atoms with Crippen molar-refractivity contribution in [3.8, 4) is 11.8 Å². The molecule has 1 aliphatic rings. The van der Waals surface area contributed by atoms with E-state index in [4.69, 9.17) is 5.73 Å². The molecule has 0 bridgehead atoms. The van der Waals surface area contributed by atoms with E-state index in [-0.39, 0.29) is 24.1 Å². The van der Waals surface area contributed by atoms with Crippen LogP contribution in [0.3, 0.4) is 0 Å². The standard InChI is InChI=1S/C17H21FN2O/c1-20(14-7-3-2-4-8-14)17(21)15-12-13(6-5-11-19)9-10-16(15)18/h9-10,12,14H,2-4,7-8,11,19H2,1H3. The highest BCUT2D eigenvalue weighted by Gasteiger charge is 2.24. The summed E-state index contributed by atoms with van der Waals surface area (Å²) in [4.78, 5) is 14.2. The quantitative estimate of drug-likeness (QED) is 0.850. The van der Waals surface area contributed by atoms with E-state index in [9.17, 15) is 9.18 Å². The maximum atomic E-state index is 13.9. The molecule has 1 fully saturated rings. The second-order valence-corrected chi connectivity index (χ2v) is 5.41. The molecule has 1 saturated carbocycles. The highest BCUT2D eigenvalue weighted by atomic mass is 19.1. The fourth-order valence-electron chi connectivity index (χ4n) is 2.74. The molecule has 1 aromatic carbocycles. The van der Waals surface area contributed by atoms with E-state index in [1.807, 2.05) is 0 Å². The summed E-state index contributed by atoms with van der Waals surface area (Å²) in [5, 5.41) is 0. The molecule has 0 radical (unpaired) electrons. The molecule has 0 aromatic heterocycles. The van der Waals surface area contributed by atoms with Crippen LogP contribution in [0.5, 0.6) is 0 Å². The van der Waals surface area contributed by atoms with Gasteiger partial charge in [-0.15, -0.1) is 0 Å². The molecule has 0 heterocycles. The van der Waals surface area contributed by atoms with Gasteiger partial charge in [-0.3, -0.25) is 4.79 Å². The van der Waals surface area contributed by atoms with Gasteiger partial charge in [0.15, 0.2) is 0 Å². The maximum Gasteiger partial charge on any atom is 0.256 e. The largest absolute Gasteiger partial charge is 0.339 e. The van der Waals surface area contributed by atoms with E-state index in [1.54, 1.807) is 18.0 Å². The van der Waals surface area contributed by atoms with Crippen molar-refractivity contribution < 1.29 is 9.18 Å². The number of carbonyl (C=O) groups is 1. The normalized spacial score (nSPS) is 15.2. The lowest BCUT2D eigenvalue weighted by Crippen LogP contribution is -2.38. The van der Waals surface area contributed by atoms with Crippen LogP contribution in [0.4, 0.5) is 4.39 Å². The summed E-state index contributed by atoms with van der Waals surface area (Å²) in [5.74, 6) is 4.78. The summed E-state index contributed by atoms with van der Waals surface area (Å²) in [6.45, 7) is 0.239. The lowest BCUT2D eigenvalue weighted by Gasteiger charge is -2.31. The van der Waals surface area contributed by atoms with Crippen LogP contribution in [0.1, 0.15) is 48.0 Å². The molecule has 3 nitrogen and oxygen atoms in total. The molecular formula is C17H21FN2O. The third-order valence-electron chi connectivity index (χ3n) is 3.97. The maximum absolute atomic E-state index is 13.9. The van der Waals surface area contributed by atoms with Crippen molar-refractivity contribution in [2.24, 2.45) is 5.73 Å². The first-order valence-electron chi connectivity index (χ1n) is 7.39. The predicted molar refractivity (Wildman–Crippen MR) is 81.3 cm³/mol. The molecule has 0 aliphatic heterocycles. The molecule has 2 N–H and O–H groups in total. The fourth-order valence-corrected chi connectivity index (χ4v) is 2.74. The van der Waals surface area contributed by atoms with Gasteiger partial charge in [0, 0.05) is 18.7 Å². The van der Waals surface area contributed by atoms with Gasteiger partial charge in [0.05, 0.1) is 12.1 Å². The van der Waals surface area contributed by atoms with Crippen molar-refractivity contribution in [1.82, 2.24) is 4.90 Å². The van der Waals surface area contributed by atoms with Crippen molar-refractivity contribution >= 4 is 5.91 Å². The Morgan fingerprint density at radius 1 is 1.38 bits per heavy atom. The minimum Gasteiger partial charge on any atom is -0.339 e. The van der Waals surface area contributed by atoms with Crippen molar-refractivity contribution in [1.29, 1.82) is 0 Å². The predicted octanol–water partition coefficient (Wildman–Crippen LogP) is 2.54. The molecular weight excluding hydrogens is 267 g/mol. The van der Waals surface area contributed by atoms with Crippen molar-refractivity contribution in [3.63, 3.8) is 0 Å². The van der Waals surface area contributed by atoms with E-state index in [0.29, 0.717) is 5.56 Å². The third kappa shape index (κ3) is 3.83. The molecule has 0 atom stereocenters. The summed E-state index contributed by atoms with van der Waals surface area (Å²) in [5.41, 5.74) is 6.03. The summed E-state index contributed by atoms with van der Waals surface area (Å²) < 4.78 is 13.9.